The molecule has 2 fully saturated rings. The van der Waals surface area contributed by atoms with E-state index in [1.807, 2.05) is 24.7 Å². The van der Waals surface area contributed by atoms with E-state index in [1.54, 1.807) is 11.8 Å². The molecule has 2 N–H and O–H groups in total. The van der Waals surface area contributed by atoms with Crippen LogP contribution in [0.1, 0.15) is 54.5 Å². The van der Waals surface area contributed by atoms with Gasteiger partial charge in [0.25, 0.3) is 0 Å². The summed E-state index contributed by atoms with van der Waals surface area (Å²) >= 11 is 8.16. The summed E-state index contributed by atoms with van der Waals surface area (Å²) in [5.41, 5.74) is 10.7. The van der Waals surface area contributed by atoms with Crippen molar-refractivity contribution in [2.45, 2.75) is 54.0 Å². The Hall–Kier alpha value is -2.15. The van der Waals surface area contributed by atoms with Crippen molar-refractivity contribution in [1.29, 1.82) is 0 Å². The zero-order valence-corrected chi connectivity index (χ0v) is 19.4. The van der Waals surface area contributed by atoms with Crippen molar-refractivity contribution in [2.24, 2.45) is 11.1 Å². The van der Waals surface area contributed by atoms with Crippen molar-refractivity contribution in [3.63, 3.8) is 0 Å². The Morgan fingerprint density at radius 1 is 1.03 bits per heavy atom. The molecule has 2 aromatic heterocycles. The van der Waals surface area contributed by atoms with Gasteiger partial charge in [-0.15, -0.1) is 0 Å². The molecule has 0 bridgehead atoms. The monoisotopic (exact) mass is 463 g/mol. The van der Waals surface area contributed by atoms with Gasteiger partial charge in [-0.2, -0.15) is 0 Å². The molecule has 1 saturated heterocycles. The van der Waals surface area contributed by atoms with Crippen LogP contribution in [0.15, 0.2) is 58.8 Å². The summed E-state index contributed by atoms with van der Waals surface area (Å²) < 4.78 is 0. The van der Waals surface area contributed by atoms with Crippen LogP contribution in [0.4, 0.5) is 5.82 Å². The molecule has 32 heavy (non-hydrogen) atoms. The van der Waals surface area contributed by atoms with E-state index in [-0.39, 0.29) is 11.5 Å². The van der Waals surface area contributed by atoms with Crippen molar-refractivity contribution in [1.82, 2.24) is 15.0 Å². The Labute approximate surface area is 197 Å². The highest BCUT2D eigenvalue weighted by Gasteiger charge is 2.45. The zero-order valence-electron chi connectivity index (χ0n) is 17.9. The van der Waals surface area contributed by atoms with Gasteiger partial charge in [0.1, 0.15) is 10.8 Å². The van der Waals surface area contributed by atoms with Gasteiger partial charge in [0.15, 0.2) is 0 Å². The molecule has 1 aliphatic heterocycles. The van der Waals surface area contributed by atoms with Gasteiger partial charge in [-0.1, -0.05) is 47.6 Å². The number of aromatic nitrogens is 3. The predicted molar refractivity (Wildman–Crippen MR) is 128 cm³/mol. The van der Waals surface area contributed by atoms with Crippen LogP contribution < -0.4 is 10.6 Å². The molecule has 1 aromatic carbocycles. The third-order valence-electron chi connectivity index (χ3n) is 7.35. The van der Waals surface area contributed by atoms with Gasteiger partial charge >= 0.3 is 0 Å². The largest absolute Gasteiger partial charge is 0.355 e. The molecule has 164 valence electrons. The van der Waals surface area contributed by atoms with Gasteiger partial charge < -0.3 is 10.6 Å². The Kier molecular flexibility index (Phi) is 5.12. The minimum absolute atomic E-state index is 0.136. The van der Waals surface area contributed by atoms with Crippen molar-refractivity contribution in [3.05, 3.63) is 70.8 Å². The summed E-state index contributed by atoms with van der Waals surface area (Å²) in [6.07, 6.45) is 11.2. The maximum atomic E-state index is 6.71. The normalized spacial score (nSPS) is 21.7. The number of fused-ring (bicyclic) bond motifs is 1. The fourth-order valence-corrected chi connectivity index (χ4v) is 6.43. The number of nitrogens with two attached hydrogens (primary N) is 1. The second kappa shape index (κ2) is 8.01. The summed E-state index contributed by atoms with van der Waals surface area (Å²) in [4.78, 5) is 17.2. The highest BCUT2D eigenvalue weighted by Crippen LogP contribution is 2.51. The topological polar surface area (TPSA) is 67.9 Å². The Morgan fingerprint density at radius 2 is 1.84 bits per heavy atom. The van der Waals surface area contributed by atoms with E-state index in [0.29, 0.717) is 5.92 Å². The molecular weight excluding hydrogens is 438 g/mol. The van der Waals surface area contributed by atoms with E-state index in [1.165, 1.54) is 24.0 Å². The molecule has 2 aliphatic carbocycles. The molecule has 7 heteroatoms. The minimum atomic E-state index is 0.136. The number of anilines is 1. The fourth-order valence-electron chi connectivity index (χ4n) is 5.29. The first-order valence-electron chi connectivity index (χ1n) is 11.4. The number of hydrogen-bond acceptors (Lipinski definition) is 6. The highest BCUT2D eigenvalue weighted by molar-refractivity contribution is 7.99. The molecule has 5 nitrogen and oxygen atoms in total. The average Bonchev–Trinajstić information content (AvgIpc) is 3.63. The Bertz CT molecular complexity index is 1140. The lowest BCUT2D eigenvalue weighted by molar-refractivity contribution is 0.187. The standard InChI is InChI=1S/C25H26ClN5S/c26-22-19(7-10-28-23(22)16-5-6-16)32-21-15-29-20(14-30-21)31-11-8-25(9-12-31)13-17-3-1-2-4-18(17)24(25)27/h1-4,7,10,14-16,24H,5-6,8-9,11-13,27H2. The van der Waals surface area contributed by atoms with Crippen LogP contribution in [0.3, 0.4) is 0 Å². The second-order valence-corrected chi connectivity index (χ2v) is 10.7. The lowest BCUT2D eigenvalue weighted by Crippen LogP contribution is -2.44. The maximum Gasteiger partial charge on any atom is 0.147 e. The van der Waals surface area contributed by atoms with Crippen molar-refractivity contribution in [3.8, 4) is 0 Å². The Balaban J connectivity index is 1.12. The zero-order chi connectivity index (χ0) is 21.7. The average molecular weight is 464 g/mol. The van der Waals surface area contributed by atoms with Crippen LogP contribution in [0, 0.1) is 5.41 Å². The second-order valence-electron chi connectivity index (χ2n) is 9.30. The van der Waals surface area contributed by atoms with Gasteiger partial charge in [0.05, 0.1) is 23.1 Å². The van der Waals surface area contributed by atoms with Gasteiger partial charge in [0.2, 0.25) is 0 Å². The first-order chi connectivity index (χ1) is 15.6. The van der Waals surface area contributed by atoms with Gasteiger partial charge in [-0.25, -0.2) is 9.97 Å². The SMILES string of the molecule is NC1c2ccccc2CC12CCN(c1cnc(Sc3ccnc(C4CC4)c3Cl)cn1)CC2. The lowest BCUT2D eigenvalue weighted by atomic mass is 9.73. The van der Waals surface area contributed by atoms with Crippen LogP contribution in [0.2, 0.25) is 5.02 Å². The van der Waals surface area contributed by atoms with Gasteiger partial charge in [-0.3, -0.25) is 4.98 Å². The molecule has 1 saturated carbocycles. The molecule has 6 rings (SSSR count). The molecule has 1 unspecified atom stereocenters. The number of halogens is 1. The fraction of sp³-hybridized carbons (Fsp3) is 0.400. The smallest absolute Gasteiger partial charge is 0.147 e. The number of nitrogens with zero attached hydrogens (tertiary/aromatic N) is 4. The van der Waals surface area contributed by atoms with E-state index in [0.717, 1.165) is 58.8 Å². The number of benzene rings is 1. The Morgan fingerprint density at radius 3 is 2.56 bits per heavy atom. The molecule has 1 atom stereocenters. The van der Waals surface area contributed by atoms with Crippen LogP contribution in [-0.2, 0) is 6.42 Å². The first-order valence-corrected chi connectivity index (χ1v) is 12.5. The van der Waals surface area contributed by atoms with Gasteiger partial charge in [0, 0.05) is 36.1 Å². The third-order valence-corrected chi connectivity index (χ3v) is 8.84. The molecule has 3 aromatic rings. The van der Waals surface area contributed by atoms with E-state index < -0.39 is 0 Å². The molecule has 1 spiro atoms. The number of hydrogen-bond donors (Lipinski definition) is 1. The number of rotatable bonds is 4. The van der Waals surface area contributed by atoms with Crippen molar-refractivity contribution < 1.29 is 0 Å². The summed E-state index contributed by atoms with van der Waals surface area (Å²) in [5.74, 6) is 1.47. The lowest BCUT2D eigenvalue weighted by Gasteiger charge is -2.42. The molecule has 3 heterocycles. The summed E-state index contributed by atoms with van der Waals surface area (Å²) in [5, 5.41) is 1.62. The third kappa shape index (κ3) is 3.58. The molecular formula is C25H26ClN5S. The van der Waals surface area contributed by atoms with E-state index in [9.17, 15) is 0 Å². The van der Waals surface area contributed by atoms with Crippen molar-refractivity contribution in [2.75, 3.05) is 18.0 Å². The van der Waals surface area contributed by atoms with Crippen LogP contribution in [0.5, 0.6) is 0 Å². The van der Waals surface area contributed by atoms with E-state index in [2.05, 4.69) is 39.1 Å². The number of pyridine rings is 1. The van der Waals surface area contributed by atoms with Crippen LogP contribution in [-0.4, -0.2) is 28.0 Å². The minimum Gasteiger partial charge on any atom is -0.355 e. The molecule has 0 amide bonds. The highest BCUT2D eigenvalue weighted by atomic mass is 35.5. The number of piperidine rings is 1. The van der Waals surface area contributed by atoms with Crippen LogP contribution >= 0.6 is 23.4 Å². The summed E-state index contributed by atoms with van der Waals surface area (Å²) in [6.45, 7) is 1.92. The quantitative estimate of drug-likeness (QED) is 0.559. The summed E-state index contributed by atoms with van der Waals surface area (Å²) in [7, 11) is 0. The van der Waals surface area contributed by atoms with E-state index >= 15 is 0 Å². The summed E-state index contributed by atoms with van der Waals surface area (Å²) in [6, 6.07) is 10.8. The van der Waals surface area contributed by atoms with Crippen LogP contribution in [0.25, 0.3) is 0 Å². The van der Waals surface area contributed by atoms with E-state index in [4.69, 9.17) is 22.3 Å². The predicted octanol–water partition coefficient (Wildman–Crippen LogP) is 5.40. The van der Waals surface area contributed by atoms with Gasteiger partial charge in [-0.05, 0) is 54.7 Å². The molecule has 3 aliphatic rings. The van der Waals surface area contributed by atoms with Crippen molar-refractivity contribution >= 4 is 29.2 Å². The first kappa shape index (κ1) is 20.5. The maximum absolute atomic E-state index is 6.71. The molecule has 0 radical (unpaired) electrons.